The van der Waals surface area contributed by atoms with Crippen LogP contribution in [0.1, 0.15) is 65.7 Å². The quantitative estimate of drug-likeness (QED) is 0.684. The standard InChI is InChI=1S/C22H34O5/c1-12-8-14-15-5-7-22(27,18(26)11-23)21(15,3)10-17(25)19(14)20(2)6-4-13(24)9-16(12)20/h12,14-17,19,23,25,27H,4-11H2,1-3H3/t12-,14?,15?,16?,17-,19?,20-,21-,22-/m0/s1. The number of aliphatic hydroxyl groups excluding tert-OH is 2. The third-order valence-corrected chi connectivity index (χ3v) is 9.54. The highest BCUT2D eigenvalue weighted by Crippen LogP contribution is 2.69. The van der Waals surface area contributed by atoms with E-state index in [4.69, 9.17) is 0 Å². The third kappa shape index (κ3) is 2.40. The Labute approximate surface area is 161 Å². The highest BCUT2D eigenvalue weighted by atomic mass is 16.3. The maximum atomic E-state index is 12.4. The number of hydrogen-bond donors (Lipinski definition) is 3. The fourth-order valence-corrected chi connectivity index (χ4v) is 8.24. The zero-order valence-electron chi connectivity index (χ0n) is 16.8. The summed E-state index contributed by atoms with van der Waals surface area (Å²) in [6.45, 7) is 5.79. The van der Waals surface area contributed by atoms with Crippen LogP contribution < -0.4 is 0 Å². The molecule has 5 heteroatoms. The molecular weight excluding hydrogens is 344 g/mol. The molecule has 4 aliphatic carbocycles. The van der Waals surface area contributed by atoms with Crippen LogP contribution >= 0.6 is 0 Å². The molecule has 4 aliphatic rings. The molecule has 152 valence electrons. The number of Topliss-reactive ketones (excluding diaryl/α,β-unsaturated/α-hetero) is 2. The normalized spacial score (nSPS) is 54.8. The Morgan fingerprint density at radius 3 is 2.59 bits per heavy atom. The molecule has 9 atom stereocenters. The Kier molecular flexibility index (Phi) is 4.42. The molecule has 0 aromatic heterocycles. The maximum absolute atomic E-state index is 12.4. The molecule has 0 radical (unpaired) electrons. The lowest BCUT2D eigenvalue weighted by atomic mass is 9.42. The van der Waals surface area contributed by atoms with Crippen molar-refractivity contribution in [1.82, 2.24) is 0 Å². The summed E-state index contributed by atoms with van der Waals surface area (Å²) < 4.78 is 0. The summed E-state index contributed by atoms with van der Waals surface area (Å²) in [6.07, 6.45) is 3.95. The Morgan fingerprint density at radius 1 is 1.22 bits per heavy atom. The predicted octanol–water partition coefficient (Wildman–Crippen LogP) is 2.11. The van der Waals surface area contributed by atoms with Crippen LogP contribution in [-0.4, -0.2) is 45.2 Å². The van der Waals surface area contributed by atoms with Crippen molar-refractivity contribution in [2.24, 2.45) is 40.4 Å². The minimum Gasteiger partial charge on any atom is -0.393 e. The van der Waals surface area contributed by atoms with Crippen LogP contribution in [0.2, 0.25) is 0 Å². The Morgan fingerprint density at radius 2 is 1.93 bits per heavy atom. The second kappa shape index (κ2) is 6.11. The zero-order valence-corrected chi connectivity index (χ0v) is 16.8. The van der Waals surface area contributed by atoms with E-state index in [1.54, 1.807) is 0 Å². The van der Waals surface area contributed by atoms with E-state index >= 15 is 0 Å². The minimum absolute atomic E-state index is 0.0569. The number of fused-ring (bicyclic) bond motifs is 5. The number of carbonyl (C=O) groups is 2. The van der Waals surface area contributed by atoms with Crippen LogP contribution in [-0.2, 0) is 9.59 Å². The van der Waals surface area contributed by atoms with Gasteiger partial charge in [-0.1, -0.05) is 20.8 Å². The molecule has 0 aromatic rings. The van der Waals surface area contributed by atoms with E-state index in [-0.39, 0.29) is 23.2 Å². The highest BCUT2D eigenvalue weighted by Gasteiger charge is 2.69. The average Bonchev–Trinajstić information content (AvgIpc) is 2.87. The second-order valence-corrected chi connectivity index (χ2v) is 10.5. The molecule has 4 saturated carbocycles. The van der Waals surface area contributed by atoms with Crippen LogP contribution in [0.15, 0.2) is 0 Å². The van der Waals surface area contributed by atoms with E-state index in [9.17, 15) is 24.9 Å². The molecule has 3 N–H and O–H groups in total. The molecular formula is C22H34O5. The fraction of sp³-hybridized carbons (Fsp3) is 0.909. The van der Waals surface area contributed by atoms with Gasteiger partial charge in [-0.2, -0.15) is 0 Å². The van der Waals surface area contributed by atoms with Crippen molar-refractivity contribution in [1.29, 1.82) is 0 Å². The van der Waals surface area contributed by atoms with Crippen molar-refractivity contribution in [2.75, 3.05) is 6.61 Å². The summed E-state index contributed by atoms with van der Waals surface area (Å²) in [6, 6.07) is 0. The predicted molar refractivity (Wildman–Crippen MR) is 99.7 cm³/mol. The topological polar surface area (TPSA) is 94.8 Å². The van der Waals surface area contributed by atoms with Gasteiger partial charge in [-0.25, -0.2) is 0 Å². The summed E-state index contributed by atoms with van der Waals surface area (Å²) in [5.74, 6) is 1.11. The molecule has 0 amide bonds. The summed E-state index contributed by atoms with van der Waals surface area (Å²) in [5, 5.41) is 32.0. The van der Waals surface area contributed by atoms with E-state index in [1.165, 1.54) is 0 Å². The van der Waals surface area contributed by atoms with E-state index in [0.29, 0.717) is 43.3 Å². The molecule has 4 fully saturated rings. The van der Waals surface area contributed by atoms with Crippen molar-refractivity contribution >= 4 is 11.6 Å². The van der Waals surface area contributed by atoms with Gasteiger partial charge in [0.05, 0.1) is 6.10 Å². The molecule has 0 heterocycles. The van der Waals surface area contributed by atoms with Crippen LogP contribution in [0.25, 0.3) is 0 Å². The van der Waals surface area contributed by atoms with Gasteiger partial charge in [-0.3, -0.25) is 9.59 Å². The summed E-state index contributed by atoms with van der Waals surface area (Å²) in [7, 11) is 0. The Bertz CT molecular complexity index is 661. The average molecular weight is 379 g/mol. The zero-order chi connectivity index (χ0) is 19.8. The fourth-order valence-electron chi connectivity index (χ4n) is 8.24. The van der Waals surface area contributed by atoms with Gasteiger partial charge in [0.25, 0.3) is 0 Å². The molecule has 0 aromatic carbocycles. The lowest BCUT2D eigenvalue weighted by Gasteiger charge is -2.63. The first-order valence-electron chi connectivity index (χ1n) is 10.6. The van der Waals surface area contributed by atoms with Crippen LogP contribution in [0, 0.1) is 40.4 Å². The van der Waals surface area contributed by atoms with Gasteiger partial charge in [0.15, 0.2) is 5.78 Å². The van der Waals surface area contributed by atoms with Gasteiger partial charge in [-0.15, -0.1) is 0 Å². The molecule has 0 bridgehead atoms. The van der Waals surface area contributed by atoms with Crippen LogP contribution in [0.4, 0.5) is 0 Å². The lowest BCUT2D eigenvalue weighted by Crippen LogP contribution is -2.64. The van der Waals surface area contributed by atoms with E-state index < -0.39 is 29.5 Å². The SMILES string of the molecule is C[C@H]1CC2C([C@@H](O)C[C@@]3(C)C2CC[C@]3(O)C(=O)CO)[C@@]2(C)CCC(=O)CC12. The number of rotatable bonds is 2. The molecule has 4 unspecified atom stereocenters. The Balaban J connectivity index is 1.73. The molecule has 4 rings (SSSR count). The van der Waals surface area contributed by atoms with Gasteiger partial charge < -0.3 is 15.3 Å². The van der Waals surface area contributed by atoms with Crippen LogP contribution in [0.3, 0.4) is 0 Å². The number of aliphatic hydroxyl groups is 3. The lowest BCUT2D eigenvalue weighted by molar-refractivity contribution is -0.206. The molecule has 0 saturated heterocycles. The van der Waals surface area contributed by atoms with E-state index in [0.717, 1.165) is 19.3 Å². The number of ketones is 2. The number of hydrogen-bond acceptors (Lipinski definition) is 5. The van der Waals surface area contributed by atoms with Gasteiger partial charge in [0, 0.05) is 18.3 Å². The Hall–Kier alpha value is -0.780. The van der Waals surface area contributed by atoms with Crippen molar-refractivity contribution in [2.45, 2.75) is 77.4 Å². The first-order valence-corrected chi connectivity index (χ1v) is 10.6. The summed E-state index contributed by atoms with van der Waals surface area (Å²) in [5.41, 5.74) is -2.29. The second-order valence-electron chi connectivity index (χ2n) is 10.5. The van der Waals surface area contributed by atoms with Gasteiger partial charge >= 0.3 is 0 Å². The van der Waals surface area contributed by atoms with Crippen molar-refractivity contribution in [3.63, 3.8) is 0 Å². The first kappa shape index (κ1) is 19.5. The molecule has 0 aliphatic heterocycles. The van der Waals surface area contributed by atoms with Gasteiger partial charge in [-0.05, 0) is 67.1 Å². The van der Waals surface area contributed by atoms with Crippen molar-refractivity contribution in [3.8, 4) is 0 Å². The largest absolute Gasteiger partial charge is 0.393 e. The van der Waals surface area contributed by atoms with Crippen molar-refractivity contribution < 1.29 is 24.9 Å². The molecule has 0 spiro atoms. The van der Waals surface area contributed by atoms with E-state index in [2.05, 4.69) is 13.8 Å². The minimum atomic E-state index is -1.54. The number of carbonyl (C=O) groups excluding carboxylic acids is 2. The van der Waals surface area contributed by atoms with Gasteiger partial charge in [0.1, 0.15) is 18.0 Å². The third-order valence-electron chi connectivity index (χ3n) is 9.54. The maximum Gasteiger partial charge on any atom is 0.190 e. The van der Waals surface area contributed by atoms with Gasteiger partial charge in [0.2, 0.25) is 0 Å². The van der Waals surface area contributed by atoms with Crippen LogP contribution in [0.5, 0.6) is 0 Å². The smallest absolute Gasteiger partial charge is 0.190 e. The van der Waals surface area contributed by atoms with E-state index in [1.807, 2.05) is 6.92 Å². The molecule has 5 nitrogen and oxygen atoms in total. The highest BCUT2D eigenvalue weighted by molar-refractivity contribution is 5.89. The van der Waals surface area contributed by atoms with Crippen molar-refractivity contribution in [3.05, 3.63) is 0 Å². The summed E-state index contributed by atoms with van der Waals surface area (Å²) in [4.78, 5) is 24.6. The first-order chi connectivity index (χ1) is 12.6. The monoisotopic (exact) mass is 378 g/mol. The molecule has 27 heavy (non-hydrogen) atoms. The summed E-state index contributed by atoms with van der Waals surface area (Å²) >= 11 is 0.